The molecule has 1 aliphatic rings. The van der Waals surface area contributed by atoms with E-state index in [2.05, 4.69) is 10.0 Å². The summed E-state index contributed by atoms with van der Waals surface area (Å²) in [5.74, 6) is -0.383. The predicted octanol–water partition coefficient (Wildman–Crippen LogP) is 0.0612. The maximum Gasteiger partial charge on any atom is 0.241 e. The van der Waals surface area contributed by atoms with Crippen LogP contribution in [0.5, 0.6) is 0 Å². The molecular formula is C14H21N3O5S2. The summed E-state index contributed by atoms with van der Waals surface area (Å²) in [5, 5.41) is 7.77. The fourth-order valence-corrected chi connectivity index (χ4v) is 4.08. The number of hydrogen-bond donors (Lipinski definition) is 3. The normalized spacial score (nSPS) is 16.7. The molecule has 0 unspecified atom stereocenters. The number of carbonyl (C=O) groups is 1. The van der Waals surface area contributed by atoms with Gasteiger partial charge in [0.25, 0.3) is 0 Å². The summed E-state index contributed by atoms with van der Waals surface area (Å²) in [5.41, 5.74) is 0. The van der Waals surface area contributed by atoms with Gasteiger partial charge in [0.15, 0.2) is 0 Å². The number of nitrogens with two attached hydrogens (primary N) is 1. The number of rotatable bonds is 6. The lowest BCUT2D eigenvalue weighted by Crippen LogP contribution is -2.42. The summed E-state index contributed by atoms with van der Waals surface area (Å²) in [6.45, 7) is -0.365. The Hall–Kier alpha value is -1.49. The Labute approximate surface area is 141 Å². The summed E-state index contributed by atoms with van der Waals surface area (Å²) in [4.78, 5) is 11.5. The van der Waals surface area contributed by atoms with E-state index in [0.29, 0.717) is 0 Å². The van der Waals surface area contributed by atoms with Crippen LogP contribution in [0.1, 0.15) is 32.1 Å². The molecule has 0 bridgehead atoms. The number of sulfonamides is 2. The van der Waals surface area contributed by atoms with Crippen molar-refractivity contribution in [2.75, 3.05) is 6.54 Å². The van der Waals surface area contributed by atoms with Gasteiger partial charge in [-0.15, -0.1) is 0 Å². The highest BCUT2D eigenvalue weighted by atomic mass is 32.2. The zero-order valence-corrected chi connectivity index (χ0v) is 14.7. The highest BCUT2D eigenvalue weighted by Crippen LogP contribution is 2.17. The Morgan fingerprint density at radius 3 is 2.08 bits per heavy atom. The van der Waals surface area contributed by atoms with Crippen molar-refractivity contribution in [3.8, 4) is 0 Å². The fourth-order valence-electron chi connectivity index (χ4n) is 2.58. The second-order valence-corrected chi connectivity index (χ2v) is 9.07. The Kier molecular flexibility index (Phi) is 5.97. The van der Waals surface area contributed by atoms with E-state index in [1.165, 1.54) is 0 Å². The van der Waals surface area contributed by atoms with E-state index in [1.54, 1.807) is 0 Å². The van der Waals surface area contributed by atoms with E-state index in [9.17, 15) is 21.6 Å². The standard InChI is InChI=1S/C14H21N3O5S2/c15-23(19,20)12-6-8-13(9-7-12)24(21,22)16-10-14(18)17-11-4-2-1-3-5-11/h6-9,11,16H,1-5,10H2,(H,17,18)(H2,15,19,20). The number of carbonyl (C=O) groups excluding carboxylic acids is 1. The Morgan fingerprint density at radius 2 is 1.54 bits per heavy atom. The maximum atomic E-state index is 12.1. The smallest absolute Gasteiger partial charge is 0.241 e. The largest absolute Gasteiger partial charge is 0.352 e. The van der Waals surface area contributed by atoms with Gasteiger partial charge in [-0.25, -0.2) is 26.7 Å². The topological polar surface area (TPSA) is 135 Å². The summed E-state index contributed by atoms with van der Waals surface area (Å²) < 4.78 is 48.8. The molecule has 1 fully saturated rings. The third-order valence-electron chi connectivity index (χ3n) is 3.86. The summed E-state index contributed by atoms with van der Waals surface area (Å²) >= 11 is 0. The van der Waals surface area contributed by atoms with Crippen LogP contribution < -0.4 is 15.2 Å². The highest BCUT2D eigenvalue weighted by molar-refractivity contribution is 7.89. The third kappa shape index (κ3) is 5.26. The maximum absolute atomic E-state index is 12.1. The molecule has 134 valence electrons. The van der Waals surface area contributed by atoms with E-state index in [0.717, 1.165) is 56.4 Å². The lowest BCUT2D eigenvalue weighted by Gasteiger charge is -2.22. The first-order chi connectivity index (χ1) is 11.2. The van der Waals surface area contributed by atoms with Crippen LogP contribution in [-0.4, -0.2) is 35.3 Å². The van der Waals surface area contributed by atoms with Crippen molar-refractivity contribution >= 4 is 26.0 Å². The second kappa shape index (κ2) is 7.60. The van der Waals surface area contributed by atoms with Crippen LogP contribution in [-0.2, 0) is 24.8 Å². The second-order valence-electron chi connectivity index (χ2n) is 5.74. The van der Waals surface area contributed by atoms with Gasteiger partial charge in [0.05, 0.1) is 16.3 Å². The Bertz CT molecular complexity index is 782. The van der Waals surface area contributed by atoms with Gasteiger partial charge in [-0.2, -0.15) is 0 Å². The fraction of sp³-hybridized carbons (Fsp3) is 0.500. The summed E-state index contributed by atoms with van der Waals surface area (Å²) in [7, 11) is -7.79. The molecule has 0 spiro atoms. The van der Waals surface area contributed by atoms with Crippen LogP contribution in [0.4, 0.5) is 0 Å². The quantitative estimate of drug-likeness (QED) is 0.646. The van der Waals surface area contributed by atoms with Crippen LogP contribution in [0.2, 0.25) is 0 Å². The summed E-state index contributed by atoms with van der Waals surface area (Å²) in [6, 6.07) is 4.56. The van der Waals surface area contributed by atoms with Gasteiger partial charge in [-0.1, -0.05) is 19.3 Å². The van der Waals surface area contributed by atoms with Crippen LogP contribution in [0.15, 0.2) is 34.1 Å². The number of amides is 1. The molecule has 0 saturated heterocycles. The van der Waals surface area contributed by atoms with Gasteiger partial charge in [0, 0.05) is 6.04 Å². The summed E-state index contributed by atoms with van der Waals surface area (Å²) in [6.07, 6.45) is 5.11. The van der Waals surface area contributed by atoms with Gasteiger partial charge in [-0.05, 0) is 37.1 Å². The molecule has 1 saturated carbocycles. The van der Waals surface area contributed by atoms with Gasteiger partial charge in [-0.3, -0.25) is 4.79 Å². The van der Waals surface area contributed by atoms with Crippen molar-refractivity contribution in [2.45, 2.75) is 47.9 Å². The lowest BCUT2D eigenvalue weighted by atomic mass is 9.95. The van der Waals surface area contributed by atoms with Gasteiger partial charge >= 0.3 is 0 Å². The van der Waals surface area contributed by atoms with E-state index in [-0.39, 0.29) is 28.3 Å². The van der Waals surface area contributed by atoms with Crippen molar-refractivity contribution in [3.05, 3.63) is 24.3 Å². The minimum absolute atomic E-state index is 0.102. The van der Waals surface area contributed by atoms with E-state index in [1.807, 2.05) is 0 Å². The molecule has 4 N–H and O–H groups in total. The number of hydrogen-bond acceptors (Lipinski definition) is 5. The van der Waals surface area contributed by atoms with Crippen LogP contribution in [0.25, 0.3) is 0 Å². The molecule has 8 nitrogen and oxygen atoms in total. The molecule has 0 radical (unpaired) electrons. The van der Waals surface area contributed by atoms with E-state index >= 15 is 0 Å². The zero-order valence-electron chi connectivity index (χ0n) is 13.1. The number of primary sulfonamides is 1. The van der Waals surface area contributed by atoms with Crippen molar-refractivity contribution in [1.82, 2.24) is 10.0 Å². The Morgan fingerprint density at radius 1 is 1.00 bits per heavy atom. The lowest BCUT2D eigenvalue weighted by molar-refractivity contribution is -0.120. The average molecular weight is 375 g/mol. The van der Waals surface area contributed by atoms with E-state index in [4.69, 9.17) is 5.14 Å². The van der Waals surface area contributed by atoms with Crippen molar-refractivity contribution in [2.24, 2.45) is 5.14 Å². The molecule has 0 aromatic heterocycles. The first-order valence-corrected chi connectivity index (χ1v) is 10.6. The molecule has 0 aliphatic heterocycles. The molecule has 24 heavy (non-hydrogen) atoms. The first-order valence-electron chi connectivity index (χ1n) is 7.60. The minimum atomic E-state index is -3.90. The highest BCUT2D eigenvalue weighted by Gasteiger charge is 2.19. The van der Waals surface area contributed by atoms with Gasteiger partial charge in [0.2, 0.25) is 26.0 Å². The molecule has 1 amide bonds. The van der Waals surface area contributed by atoms with Crippen LogP contribution >= 0.6 is 0 Å². The van der Waals surface area contributed by atoms with Gasteiger partial charge in [0.1, 0.15) is 0 Å². The molecule has 1 aromatic carbocycles. The third-order valence-corrected chi connectivity index (χ3v) is 6.20. The van der Waals surface area contributed by atoms with E-state index < -0.39 is 20.0 Å². The molecule has 0 heterocycles. The number of benzene rings is 1. The Balaban J connectivity index is 1.94. The van der Waals surface area contributed by atoms with Crippen LogP contribution in [0, 0.1) is 0 Å². The SMILES string of the molecule is NS(=O)(=O)c1ccc(S(=O)(=O)NCC(=O)NC2CCCCC2)cc1. The molecule has 1 aliphatic carbocycles. The van der Waals surface area contributed by atoms with Crippen molar-refractivity contribution in [1.29, 1.82) is 0 Å². The number of nitrogens with one attached hydrogen (secondary N) is 2. The average Bonchev–Trinajstić information content (AvgIpc) is 2.53. The first kappa shape index (κ1) is 18.8. The molecule has 1 aromatic rings. The van der Waals surface area contributed by atoms with Gasteiger partial charge < -0.3 is 5.32 Å². The monoisotopic (exact) mass is 375 g/mol. The zero-order chi connectivity index (χ0) is 17.8. The predicted molar refractivity (Wildman–Crippen MR) is 88.0 cm³/mol. The molecule has 2 rings (SSSR count). The van der Waals surface area contributed by atoms with Crippen molar-refractivity contribution in [3.63, 3.8) is 0 Å². The molecule has 0 atom stereocenters. The van der Waals surface area contributed by atoms with Crippen LogP contribution in [0.3, 0.4) is 0 Å². The molecule has 10 heteroatoms. The molecular weight excluding hydrogens is 354 g/mol. The minimum Gasteiger partial charge on any atom is -0.352 e. The van der Waals surface area contributed by atoms with Crippen molar-refractivity contribution < 1.29 is 21.6 Å².